The number of alkyl carbamates (subject to hydrolysis) is 1. The van der Waals surface area contributed by atoms with Crippen LogP contribution in [-0.2, 0) is 23.7 Å². The third-order valence-electron chi connectivity index (χ3n) is 2.73. The van der Waals surface area contributed by atoms with Gasteiger partial charge in [0.05, 0.1) is 64.7 Å². The summed E-state index contributed by atoms with van der Waals surface area (Å²) in [6.07, 6.45) is -0.453. The van der Waals surface area contributed by atoms with E-state index in [-0.39, 0.29) is 0 Å². The molecule has 0 radical (unpaired) electrons. The van der Waals surface area contributed by atoms with Crippen molar-refractivity contribution < 1.29 is 28.5 Å². The smallest absolute Gasteiger partial charge is 0.407 e. The van der Waals surface area contributed by atoms with Crippen molar-refractivity contribution in [2.24, 2.45) is 5.29 Å². The van der Waals surface area contributed by atoms with Gasteiger partial charge in [0.1, 0.15) is 5.60 Å². The van der Waals surface area contributed by atoms with E-state index in [0.29, 0.717) is 65.9 Å². The quantitative estimate of drug-likeness (QED) is 0.242. The van der Waals surface area contributed by atoms with Crippen LogP contribution in [0.2, 0.25) is 0 Å². The summed E-state index contributed by atoms with van der Waals surface area (Å²) in [4.78, 5) is 21.5. The molecule has 1 amide bonds. The molecule has 1 N–H and O–H groups in total. The molecule has 0 fully saturated rings. The molecule has 154 valence electrons. The zero-order chi connectivity index (χ0) is 19.7. The van der Waals surface area contributed by atoms with Gasteiger partial charge in [-0.1, -0.05) is 0 Å². The van der Waals surface area contributed by atoms with Crippen molar-refractivity contribution in [2.75, 3.05) is 73.0 Å². The average Bonchev–Trinajstić information content (AvgIpc) is 2.56. The van der Waals surface area contributed by atoms with Gasteiger partial charge in [0.15, 0.2) is 0 Å². The second kappa shape index (κ2) is 15.7. The lowest BCUT2D eigenvalue weighted by Crippen LogP contribution is -2.34. The molecule has 0 unspecified atom stereocenters. The number of likely N-dealkylation sites (N-methyl/N-ethyl adjacent to an activating group) is 1. The summed E-state index contributed by atoms with van der Waals surface area (Å²) in [6.45, 7) is 9.86. The first-order chi connectivity index (χ1) is 12.3. The molecule has 10 nitrogen and oxygen atoms in total. The molecule has 0 saturated heterocycles. The summed E-state index contributed by atoms with van der Waals surface area (Å²) in [5.74, 6) is 0. The number of hydrogen-bond donors (Lipinski definition) is 1. The predicted octanol–water partition coefficient (Wildman–Crippen LogP) is 1.19. The van der Waals surface area contributed by atoms with Crippen LogP contribution in [-0.4, -0.2) is 89.7 Å². The minimum atomic E-state index is -0.502. The van der Waals surface area contributed by atoms with Gasteiger partial charge < -0.3 is 29.0 Å². The van der Waals surface area contributed by atoms with Gasteiger partial charge in [-0.25, -0.2) is 4.79 Å². The third-order valence-corrected chi connectivity index (χ3v) is 2.73. The van der Waals surface area contributed by atoms with E-state index in [2.05, 4.69) is 10.6 Å². The Morgan fingerprint density at radius 3 is 1.81 bits per heavy atom. The molecule has 26 heavy (non-hydrogen) atoms. The summed E-state index contributed by atoms with van der Waals surface area (Å²) in [5.41, 5.74) is -0.502. The van der Waals surface area contributed by atoms with Crippen molar-refractivity contribution in [3.05, 3.63) is 4.91 Å². The van der Waals surface area contributed by atoms with Gasteiger partial charge in [-0.05, 0) is 20.8 Å². The average molecular weight is 379 g/mol. The van der Waals surface area contributed by atoms with E-state index in [1.165, 1.54) is 5.01 Å². The van der Waals surface area contributed by atoms with Crippen molar-refractivity contribution in [2.45, 2.75) is 26.4 Å². The second-order valence-electron chi connectivity index (χ2n) is 6.34. The first kappa shape index (κ1) is 24.5. The van der Waals surface area contributed by atoms with E-state index < -0.39 is 11.7 Å². The summed E-state index contributed by atoms with van der Waals surface area (Å²) >= 11 is 0. The molecule has 0 aliphatic carbocycles. The predicted molar refractivity (Wildman–Crippen MR) is 95.9 cm³/mol. The molecule has 0 atom stereocenters. The van der Waals surface area contributed by atoms with E-state index in [0.717, 1.165) is 0 Å². The van der Waals surface area contributed by atoms with Crippen LogP contribution < -0.4 is 5.32 Å². The van der Waals surface area contributed by atoms with Gasteiger partial charge in [0.25, 0.3) is 0 Å². The Morgan fingerprint density at radius 1 is 0.885 bits per heavy atom. The Kier molecular flexibility index (Phi) is 14.8. The van der Waals surface area contributed by atoms with E-state index in [4.69, 9.17) is 23.7 Å². The summed E-state index contributed by atoms with van der Waals surface area (Å²) in [5, 5.41) is 6.60. The molecule has 0 heterocycles. The highest BCUT2D eigenvalue weighted by Crippen LogP contribution is 2.05. The van der Waals surface area contributed by atoms with Crippen molar-refractivity contribution in [1.82, 2.24) is 10.3 Å². The lowest BCUT2D eigenvalue weighted by atomic mass is 10.2. The minimum absolute atomic E-state index is 0.386. The number of nitroso groups, excluding NO2 is 1. The van der Waals surface area contributed by atoms with Crippen LogP contribution in [0.25, 0.3) is 0 Å². The second-order valence-corrected chi connectivity index (χ2v) is 6.34. The molecule has 10 heteroatoms. The SMILES string of the molecule is CN(CCOCCOCCOCCOCCNC(=O)OC(C)(C)C)N=O. The highest BCUT2D eigenvalue weighted by molar-refractivity contribution is 5.67. The molecule has 0 spiro atoms. The van der Waals surface area contributed by atoms with Gasteiger partial charge in [-0.2, -0.15) is 0 Å². The van der Waals surface area contributed by atoms with Crippen LogP contribution in [0.3, 0.4) is 0 Å². The fourth-order valence-electron chi connectivity index (χ4n) is 1.54. The lowest BCUT2D eigenvalue weighted by molar-refractivity contribution is -0.00331. The van der Waals surface area contributed by atoms with E-state index >= 15 is 0 Å². The highest BCUT2D eigenvalue weighted by atomic mass is 16.6. The van der Waals surface area contributed by atoms with Gasteiger partial charge >= 0.3 is 6.09 Å². The summed E-state index contributed by atoms with van der Waals surface area (Å²) in [6, 6.07) is 0. The van der Waals surface area contributed by atoms with Crippen molar-refractivity contribution in [3.63, 3.8) is 0 Å². The Morgan fingerprint density at radius 2 is 1.35 bits per heavy atom. The van der Waals surface area contributed by atoms with Crippen LogP contribution in [0.15, 0.2) is 5.29 Å². The first-order valence-electron chi connectivity index (χ1n) is 8.67. The Bertz CT molecular complexity index is 364. The standard InChI is InChI=1S/C16H33N3O7/c1-16(2,3)26-15(20)17-5-7-22-9-11-24-13-14-25-12-10-23-8-6-19(4)18-21/h5-14H2,1-4H3,(H,17,20). The van der Waals surface area contributed by atoms with E-state index in [9.17, 15) is 9.70 Å². The molecular formula is C16H33N3O7. The van der Waals surface area contributed by atoms with Crippen LogP contribution >= 0.6 is 0 Å². The van der Waals surface area contributed by atoms with Crippen molar-refractivity contribution >= 4 is 6.09 Å². The van der Waals surface area contributed by atoms with Crippen LogP contribution in [0.5, 0.6) is 0 Å². The van der Waals surface area contributed by atoms with Gasteiger partial charge in [0, 0.05) is 13.6 Å². The molecule has 0 aromatic heterocycles. The first-order valence-corrected chi connectivity index (χ1v) is 8.67. The van der Waals surface area contributed by atoms with Crippen LogP contribution in [0.4, 0.5) is 4.79 Å². The third kappa shape index (κ3) is 18.8. The largest absolute Gasteiger partial charge is 0.444 e. The minimum Gasteiger partial charge on any atom is -0.444 e. The van der Waals surface area contributed by atoms with Crippen LogP contribution in [0.1, 0.15) is 20.8 Å². The van der Waals surface area contributed by atoms with Crippen molar-refractivity contribution in [1.29, 1.82) is 0 Å². The molecule has 0 rings (SSSR count). The zero-order valence-corrected chi connectivity index (χ0v) is 16.3. The fraction of sp³-hybridized carbons (Fsp3) is 0.938. The molecule has 0 bridgehead atoms. The molecular weight excluding hydrogens is 346 g/mol. The molecule has 0 aliphatic rings. The maximum absolute atomic E-state index is 11.4. The fourth-order valence-corrected chi connectivity index (χ4v) is 1.54. The molecule has 0 aromatic carbocycles. The molecule has 0 aliphatic heterocycles. The van der Waals surface area contributed by atoms with Gasteiger partial charge in [-0.15, -0.1) is 4.91 Å². The maximum atomic E-state index is 11.4. The Hall–Kier alpha value is -1.49. The zero-order valence-electron chi connectivity index (χ0n) is 16.3. The number of hydrogen-bond acceptors (Lipinski definition) is 8. The van der Waals surface area contributed by atoms with E-state index in [1.807, 2.05) is 20.8 Å². The number of ether oxygens (including phenoxy) is 5. The highest BCUT2D eigenvalue weighted by Gasteiger charge is 2.15. The monoisotopic (exact) mass is 379 g/mol. The number of carbonyl (C=O) groups is 1. The van der Waals surface area contributed by atoms with Crippen molar-refractivity contribution in [3.8, 4) is 0 Å². The van der Waals surface area contributed by atoms with Gasteiger partial charge in [-0.3, -0.25) is 5.01 Å². The van der Waals surface area contributed by atoms with Crippen LogP contribution in [0, 0.1) is 4.91 Å². The van der Waals surface area contributed by atoms with E-state index in [1.54, 1.807) is 7.05 Å². The summed E-state index contributed by atoms with van der Waals surface area (Å²) < 4.78 is 26.4. The maximum Gasteiger partial charge on any atom is 0.407 e. The Labute approximate surface area is 155 Å². The molecule has 0 aromatic rings. The summed E-state index contributed by atoms with van der Waals surface area (Å²) in [7, 11) is 1.59. The number of nitrogens with one attached hydrogen (secondary N) is 1. The lowest BCUT2D eigenvalue weighted by Gasteiger charge is -2.19. The number of carbonyl (C=O) groups excluding carboxylic acids is 1. The molecule has 0 saturated carbocycles. The Balaban J connectivity index is 3.18. The number of amides is 1. The number of rotatable bonds is 16. The number of nitrogens with zero attached hydrogens (tertiary/aromatic N) is 2. The normalized spacial score (nSPS) is 11.2. The topological polar surface area (TPSA) is 108 Å². The van der Waals surface area contributed by atoms with Gasteiger partial charge in [0.2, 0.25) is 0 Å².